The highest BCUT2D eigenvalue weighted by atomic mass is 35.5. The van der Waals surface area contributed by atoms with Crippen LogP contribution in [0.2, 0.25) is 10.0 Å². The number of benzene rings is 2. The largest absolute Gasteiger partial charge is 0.489 e. The summed E-state index contributed by atoms with van der Waals surface area (Å²) in [5.74, 6) is 0.702. The summed E-state index contributed by atoms with van der Waals surface area (Å²) in [5, 5.41) is 3.64. The van der Waals surface area contributed by atoms with Crippen molar-refractivity contribution in [2.24, 2.45) is 0 Å². The van der Waals surface area contributed by atoms with Gasteiger partial charge >= 0.3 is 0 Å². The molecule has 5 nitrogen and oxygen atoms in total. The molecule has 2 aromatic carbocycles. The minimum absolute atomic E-state index is 0.0159. The Morgan fingerprint density at radius 2 is 1.94 bits per heavy atom. The highest BCUT2D eigenvalue weighted by Gasteiger charge is 2.23. The third-order valence-electron chi connectivity index (χ3n) is 5.24. The third-order valence-corrected chi connectivity index (χ3v) is 6.87. The predicted octanol–water partition coefficient (Wildman–Crippen LogP) is 5.64. The lowest BCUT2D eigenvalue weighted by Crippen LogP contribution is -2.48. The van der Waals surface area contributed by atoms with Gasteiger partial charge in [-0.15, -0.1) is 17.9 Å². The summed E-state index contributed by atoms with van der Waals surface area (Å²) in [6, 6.07) is 13.1. The molecule has 0 aliphatic carbocycles. The zero-order chi connectivity index (χ0) is 22.5. The Morgan fingerprint density at radius 3 is 2.69 bits per heavy atom. The number of ether oxygens (including phenoxy) is 1. The smallest absolute Gasteiger partial charge is 0.273 e. The van der Waals surface area contributed by atoms with Gasteiger partial charge in [-0.05, 0) is 29.8 Å². The van der Waals surface area contributed by atoms with Crippen LogP contribution in [0, 0.1) is 0 Å². The molecule has 4 rings (SSSR count). The standard InChI is InChI=1S/C24H23Cl2N3O2S/c1-2-8-28-9-11-29(12-10-28)24(30)22-16-32-23(27-22)18-4-3-5-19(14-18)31-15-17-6-7-20(25)21(26)13-17/h2-7,13-14,16H,1,8-12,15H2. The molecule has 0 N–H and O–H groups in total. The zero-order valence-electron chi connectivity index (χ0n) is 17.5. The van der Waals surface area contributed by atoms with Gasteiger partial charge in [0.2, 0.25) is 0 Å². The van der Waals surface area contributed by atoms with Gasteiger partial charge in [-0.25, -0.2) is 4.98 Å². The van der Waals surface area contributed by atoms with E-state index < -0.39 is 0 Å². The summed E-state index contributed by atoms with van der Waals surface area (Å²) in [6.07, 6.45) is 1.90. The molecule has 1 aliphatic heterocycles. The van der Waals surface area contributed by atoms with E-state index in [4.69, 9.17) is 27.9 Å². The van der Waals surface area contributed by atoms with E-state index in [0.717, 1.165) is 41.5 Å². The molecule has 2 heterocycles. The second-order valence-electron chi connectivity index (χ2n) is 7.48. The number of carbonyl (C=O) groups excluding carboxylic acids is 1. The van der Waals surface area contributed by atoms with Crippen molar-refractivity contribution in [1.29, 1.82) is 0 Å². The van der Waals surface area contributed by atoms with Crippen molar-refractivity contribution in [2.45, 2.75) is 6.61 Å². The Bertz CT molecular complexity index is 1110. The van der Waals surface area contributed by atoms with Crippen molar-refractivity contribution >= 4 is 40.4 Å². The van der Waals surface area contributed by atoms with Crippen LogP contribution in [-0.2, 0) is 6.61 Å². The van der Waals surface area contributed by atoms with Crippen LogP contribution < -0.4 is 4.74 Å². The van der Waals surface area contributed by atoms with E-state index in [2.05, 4.69) is 16.5 Å². The van der Waals surface area contributed by atoms with Gasteiger partial charge in [-0.3, -0.25) is 9.69 Å². The van der Waals surface area contributed by atoms with Crippen molar-refractivity contribution in [3.05, 3.63) is 81.8 Å². The Labute approximate surface area is 201 Å². The van der Waals surface area contributed by atoms with Crippen LogP contribution in [0.25, 0.3) is 10.6 Å². The van der Waals surface area contributed by atoms with E-state index in [1.54, 1.807) is 12.1 Å². The van der Waals surface area contributed by atoms with Gasteiger partial charge in [-0.1, -0.05) is 47.5 Å². The van der Waals surface area contributed by atoms with Crippen LogP contribution in [0.15, 0.2) is 60.5 Å². The molecule has 1 saturated heterocycles. The van der Waals surface area contributed by atoms with Crippen LogP contribution in [0.4, 0.5) is 0 Å². The lowest BCUT2D eigenvalue weighted by molar-refractivity contribution is 0.0645. The van der Waals surface area contributed by atoms with Crippen molar-refractivity contribution in [1.82, 2.24) is 14.8 Å². The summed E-state index contributed by atoms with van der Waals surface area (Å²) in [5.41, 5.74) is 2.33. The highest BCUT2D eigenvalue weighted by Crippen LogP contribution is 2.28. The van der Waals surface area contributed by atoms with Crippen molar-refractivity contribution in [3.63, 3.8) is 0 Å². The number of carbonyl (C=O) groups is 1. The van der Waals surface area contributed by atoms with E-state index in [0.29, 0.717) is 35.4 Å². The number of nitrogens with zero attached hydrogens (tertiary/aromatic N) is 3. The SMILES string of the molecule is C=CCN1CCN(C(=O)c2csc(-c3cccc(OCc4ccc(Cl)c(Cl)c4)c3)n2)CC1. The van der Waals surface area contributed by atoms with Gasteiger partial charge in [0, 0.05) is 43.7 Å². The monoisotopic (exact) mass is 487 g/mol. The van der Waals surface area contributed by atoms with Gasteiger partial charge in [0.05, 0.1) is 10.0 Å². The minimum Gasteiger partial charge on any atom is -0.489 e. The molecule has 1 fully saturated rings. The lowest BCUT2D eigenvalue weighted by Gasteiger charge is -2.33. The van der Waals surface area contributed by atoms with Crippen molar-refractivity contribution in [3.8, 4) is 16.3 Å². The number of hydrogen-bond donors (Lipinski definition) is 0. The summed E-state index contributed by atoms with van der Waals surface area (Å²) in [7, 11) is 0. The lowest BCUT2D eigenvalue weighted by atomic mass is 10.2. The molecule has 1 aromatic heterocycles. The third kappa shape index (κ3) is 5.51. The van der Waals surface area contributed by atoms with Crippen LogP contribution in [0.1, 0.15) is 16.1 Å². The number of amides is 1. The number of rotatable bonds is 7. The minimum atomic E-state index is -0.0159. The first-order valence-corrected chi connectivity index (χ1v) is 11.9. The van der Waals surface area contributed by atoms with E-state index >= 15 is 0 Å². The normalized spacial score (nSPS) is 14.4. The molecule has 0 bridgehead atoms. The predicted molar refractivity (Wildman–Crippen MR) is 131 cm³/mol. The molecule has 0 spiro atoms. The van der Waals surface area contributed by atoms with Gasteiger partial charge in [-0.2, -0.15) is 0 Å². The number of thiazole rings is 1. The average molecular weight is 488 g/mol. The zero-order valence-corrected chi connectivity index (χ0v) is 19.8. The summed E-state index contributed by atoms with van der Waals surface area (Å²) in [4.78, 5) is 21.6. The molecule has 0 atom stereocenters. The van der Waals surface area contributed by atoms with E-state index in [9.17, 15) is 4.79 Å². The van der Waals surface area contributed by atoms with E-state index in [1.165, 1.54) is 11.3 Å². The second kappa shape index (κ2) is 10.5. The highest BCUT2D eigenvalue weighted by molar-refractivity contribution is 7.13. The fourth-order valence-electron chi connectivity index (χ4n) is 3.50. The number of halogens is 2. The fraction of sp³-hybridized carbons (Fsp3) is 0.250. The molecule has 32 heavy (non-hydrogen) atoms. The second-order valence-corrected chi connectivity index (χ2v) is 9.16. The molecule has 0 radical (unpaired) electrons. The Kier molecular flexibility index (Phi) is 7.48. The summed E-state index contributed by atoms with van der Waals surface area (Å²) in [6.45, 7) is 8.13. The molecule has 166 valence electrons. The maximum Gasteiger partial charge on any atom is 0.273 e. The molecule has 0 saturated carbocycles. The first-order valence-electron chi connectivity index (χ1n) is 10.3. The number of hydrogen-bond acceptors (Lipinski definition) is 5. The van der Waals surface area contributed by atoms with Gasteiger partial charge in [0.15, 0.2) is 0 Å². The maximum atomic E-state index is 12.9. The average Bonchev–Trinajstić information content (AvgIpc) is 3.31. The van der Waals surface area contributed by atoms with Crippen LogP contribution in [0.3, 0.4) is 0 Å². The number of aromatic nitrogens is 1. The summed E-state index contributed by atoms with van der Waals surface area (Å²) >= 11 is 13.5. The van der Waals surface area contributed by atoms with Crippen LogP contribution in [-0.4, -0.2) is 53.4 Å². The fourth-order valence-corrected chi connectivity index (χ4v) is 4.61. The molecular formula is C24H23Cl2N3O2S. The Morgan fingerprint density at radius 1 is 1.12 bits per heavy atom. The molecular weight excluding hydrogens is 465 g/mol. The first-order chi connectivity index (χ1) is 15.5. The van der Waals surface area contributed by atoms with Gasteiger partial charge in [0.1, 0.15) is 23.1 Å². The van der Waals surface area contributed by atoms with Crippen molar-refractivity contribution < 1.29 is 9.53 Å². The molecule has 0 unspecified atom stereocenters. The quantitative estimate of drug-likeness (QED) is 0.404. The Hall–Kier alpha value is -2.38. The number of piperazine rings is 1. The van der Waals surface area contributed by atoms with Crippen LogP contribution >= 0.6 is 34.5 Å². The first kappa shape index (κ1) is 22.8. The van der Waals surface area contributed by atoms with Gasteiger partial charge in [0.25, 0.3) is 5.91 Å². The molecule has 8 heteroatoms. The molecule has 1 aliphatic rings. The van der Waals surface area contributed by atoms with E-state index in [1.807, 2.05) is 46.7 Å². The Balaban J connectivity index is 1.40. The summed E-state index contributed by atoms with van der Waals surface area (Å²) < 4.78 is 5.92. The topological polar surface area (TPSA) is 45.7 Å². The van der Waals surface area contributed by atoms with Crippen LogP contribution in [0.5, 0.6) is 5.75 Å². The molecule has 1 amide bonds. The van der Waals surface area contributed by atoms with Crippen molar-refractivity contribution in [2.75, 3.05) is 32.7 Å². The molecule has 3 aromatic rings. The van der Waals surface area contributed by atoms with E-state index in [-0.39, 0.29) is 5.91 Å². The maximum absolute atomic E-state index is 12.9. The van der Waals surface area contributed by atoms with Gasteiger partial charge < -0.3 is 9.64 Å².